The van der Waals surface area contributed by atoms with E-state index in [0.29, 0.717) is 0 Å². The molecule has 3 heteroatoms. The van der Waals surface area contributed by atoms with Gasteiger partial charge in [-0.1, -0.05) is 48.5 Å². The van der Waals surface area contributed by atoms with Gasteiger partial charge in [-0.3, -0.25) is 0 Å². The Balaban J connectivity index is 0.000000209. The molecule has 0 spiro atoms. The highest BCUT2D eigenvalue weighted by atomic mass is 35.5. The molecule has 2 aromatic carbocycles. The third-order valence-corrected chi connectivity index (χ3v) is 3.02. The van der Waals surface area contributed by atoms with E-state index in [1.165, 1.54) is 29.4 Å². The first-order chi connectivity index (χ1) is 8.72. The van der Waals surface area contributed by atoms with Crippen molar-refractivity contribution in [3.63, 3.8) is 0 Å². The van der Waals surface area contributed by atoms with Crippen LogP contribution in [0.3, 0.4) is 0 Å². The lowest BCUT2D eigenvalue weighted by atomic mass is 10.1. The molecule has 2 aromatic rings. The topological polar surface area (TPSA) is 26.3 Å². The van der Waals surface area contributed by atoms with Crippen molar-refractivity contribution in [2.45, 2.75) is 6.42 Å². The molecule has 0 unspecified atom stereocenters. The Labute approximate surface area is 111 Å². The summed E-state index contributed by atoms with van der Waals surface area (Å²) >= 11 is 4.60. The zero-order valence-corrected chi connectivity index (χ0v) is 10.8. The molecule has 0 aromatic heterocycles. The summed E-state index contributed by atoms with van der Waals surface area (Å²) in [5.41, 5.74) is 4.98. The van der Waals surface area contributed by atoms with Crippen molar-refractivity contribution in [2.24, 2.45) is 0 Å². The van der Waals surface area contributed by atoms with Gasteiger partial charge in [0.25, 0.3) is 0 Å². The van der Waals surface area contributed by atoms with Crippen molar-refractivity contribution in [1.29, 1.82) is 0 Å². The van der Waals surface area contributed by atoms with Crippen LogP contribution in [0.5, 0.6) is 0 Å². The van der Waals surface area contributed by atoms with Crippen LogP contribution in [0.2, 0.25) is 0 Å². The standard InChI is InChI=1S/C13H10.C2H3ClO2/c1-3-7-12-10(5-1)9-11-6-2-4-8-13(11)12;1-5-2(3)4/h1-8H,9H2;1H3. The van der Waals surface area contributed by atoms with E-state index in [-0.39, 0.29) is 0 Å². The third-order valence-electron chi connectivity index (χ3n) is 2.87. The number of hydrogen-bond donors (Lipinski definition) is 0. The van der Waals surface area contributed by atoms with Crippen molar-refractivity contribution < 1.29 is 9.53 Å². The monoisotopic (exact) mass is 260 g/mol. The molecule has 0 atom stereocenters. The van der Waals surface area contributed by atoms with E-state index in [1.54, 1.807) is 0 Å². The van der Waals surface area contributed by atoms with Gasteiger partial charge < -0.3 is 4.74 Å². The molecule has 0 heterocycles. The van der Waals surface area contributed by atoms with Crippen LogP contribution in [-0.4, -0.2) is 12.5 Å². The lowest BCUT2D eigenvalue weighted by molar-refractivity contribution is 0.198. The molecule has 0 N–H and O–H groups in total. The fraction of sp³-hybridized carbons (Fsp3) is 0.133. The third kappa shape index (κ3) is 2.71. The van der Waals surface area contributed by atoms with Gasteiger partial charge in [0.15, 0.2) is 0 Å². The van der Waals surface area contributed by atoms with Crippen LogP contribution in [0, 0.1) is 0 Å². The Morgan fingerprint density at radius 3 is 1.78 bits per heavy atom. The van der Waals surface area contributed by atoms with Crippen molar-refractivity contribution in [3.8, 4) is 11.1 Å². The molecular weight excluding hydrogens is 248 g/mol. The second-order valence-electron chi connectivity index (χ2n) is 3.93. The molecule has 92 valence electrons. The fourth-order valence-corrected chi connectivity index (χ4v) is 2.08. The SMILES string of the molecule is COC(=O)Cl.c1ccc2c(c1)Cc1ccccc1-2. The van der Waals surface area contributed by atoms with E-state index in [1.807, 2.05) is 0 Å². The minimum absolute atomic E-state index is 0.773. The van der Waals surface area contributed by atoms with E-state index in [9.17, 15) is 4.79 Å². The summed E-state index contributed by atoms with van der Waals surface area (Å²) in [6.07, 6.45) is 1.10. The summed E-state index contributed by atoms with van der Waals surface area (Å²) in [7, 11) is 1.22. The normalized spacial score (nSPS) is 10.8. The quantitative estimate of drug-likeness (QED) is 0.565. The van der Waals surface area contributed by atoms with Gasteiger partial charge in [-0.15, -0.1) is 0 Å². The molecule has 1 aliphatic rings. The first-order valence-electron chi connectivity index (χ1n) is 5.62. The largest absolute Gasteiger partial charge is 0.457 e. The Hall–Kier alpha value is -1.80. The molecule has 3 rings (SSSR count). The smallest absolute Gasteiger partial charge is 0.403 e. The predicted molar refractivity (Wildman–Crippen MR) is 72.9 cm³/mol. The minimum atomic E-state index is -0.773. The zero-order chi connectivity index (χ0) is 13.0. The van der Waals surface area contributed by atoms with E-state index in [0.717, 1.165) is 6.42 Å². The van der Waals surface area contributed by atoms with Crippen molar-refractivity contribution in [2.75, 3.05) is 7.11 Å². The van der Waals surface area contributed by atoms with E-state index in [4.69, 9.17) is 0 Å². The van der Waals surface area contributed by atoms with Crippen LogP contribution in [0.4, 0.5) is 4.79 Å². The Morgan fingerprint density at radius 2 is 1.39 bits per heavy atom. The van der Waals surface area contributed by atoms with Gasteiger partial charge in [0.05, 0.1) is 7.11 Å². The zero-order valence-electron chi connectivity index (χ0n) is 10.0. The van der Waals surface area contributed by atoms with Gasteiger partial charge in [0.2, 0.25) is 0 Å². The Bertz CT molecular complexity index is 520. The minimum Gasteiger partial charge on any atom is -0.457 e. The Kier molecular flexibility index (Phi) is 4.00. The molecular formula is C15H13ClO2. The summed E-state index contributed by atoms with van der Waals surface area (Å²) in [5.74, 6) is 0. The highest BCUT2D eigenvalue weighted by molar-refractivity contribution is 6.61. The molecule has 0 bridgehead atoms. The number of rotatable bonds is 0. The molecule has 2 nitrogen and oxygen atoms in total. The van der Waals surface area contributed by atoms with E-state index >= 15 is 0 Å². The Morgan fingerprint density at radius 1 is 1.00 bits per heavy atom. The van der Waals surface area contributed by atoms with Crippen LogP contribution in [0.15, 0.2) is 48.5 Å². The summed E-state index contributed by atoms with van der Waals surface area (Å²) < 4.78 is 3.88. The van der Waals surface area contributed by atoms with Gasteiger partial charge in [-0.25, -0.2) is 4.79 Å². The van der Waals surface area contributed by atoms with Crippen molar-refractivity contribution in [3.05, 3.63) is 59.7 Å². The van der Waals surface area contributed by atoms with Crippen LogP contribution >= 0.6 is 11.6 Å². The van der Waals surface area contributed by atoms with Crippen LogP contribution < -0.4 is 0 Å². The van der Waals surface area contributed by atoms with E-state index in [2.05, 4.69) is 64.9 Å². The predicted octanol–water partition coefficient (Wildman–Crippen LogP) is 4.25. The van der Waals surface area contributed by atoms with Crippen LogP contribution in [-0.2, 0) is 11.2 Å². The fourth-order valence-electron chi connectivity index (χ4n) is 2.08. The maximum atomic E-state index is 9.36. The number of benzene rings is 2. The number of halogens is 1. The van der Waals surface area contributed by atoms with Crippen molar-refractivity contribution in [1.82, 2.24) is 0 Å². The molecule has 0 saturated carbocycles. The molecule has 0 saturated heterocycles. The molecule has 0 aliphatic heterocycles. The van der Waals surface area contributed by atoms with Gasteiger partial charge in [-0.05, 0) is 28.7 Å². The first-order valence-corrected chi connectivity index (χ1v) is 6.00. The second kappa shape index (κ2) is 5.69. The average molecular weight is 261 g/mol. The lowest BCUT2D eigenvalue weighted by Crippen LogP contribution is -1.80. The summed E-state index contributed by atoms with van der Waals surface area (Å²) in [6, 6.07) is 17.3. The second-order valence-corrected chi connectivity index (χ2v) is 4.24. The summed E-state index contributed by atoms with van der Waals surface area (Å²) in [6.45, 7) is 0. The highest BCUT2D eigenvalue weighted by Gasteiger charge is 2.15. The molecule has 1 aliphatic carbocycles. The average Bonchev–Trinajstić information content (AvgIpc) is 2.78. The van der Waals surface area contributed by atoms with Crippen LogP contribution in [0.25, 0.3) is 11.1 Å². The number of ether oxygens (including phenoxy) is 1. The molecule has 0 radical (unpaired) electrons. The number of hydrogen-bond acceptors (Lipinski definition) is 2. The van der Waals surface area contributed by atoms with Gasteiger partial charge in [-0.2, -0.15) is 0 Å². The van der Waals surface area contributed by atoms with Gasteiger partial charge >= 0.3 is 5.43 Å². The van der Waals surface area contributed by atoms with Gasteiger partial charge in [0.1, 0.15) is 0 Å². The number of carbonyl (C=O) groups is 1. The van der Waals surface area contributed by atoms with Crippen LogP contribution in [0.1, 0.15) is 11.1 Å². The molecule has 0 amide bonds. The summed E-state index contributed by atoms with van der Waals surface area (Å²) in [4.78, 5) is 9.36. The molecule has 0 fully saturated rings. The first kappa shape index (κ1) is 12.7. The summed E-state index contributed by atoms with van der Waals surface area (Å²) in [5, 5.41) is 0. The maximum absolute atomic E-state index is 9.36. The number of methoxy groups -OCH3 is 1. The highest BCUT2D eigenvalue weighted by Crippen LogP contribution is 2.35. The van der Waals surface area contributed by atoms with Crippen molar-refractivity contribution >= 4 is 17.0 Å². The number of carbonyl (C=O) groups excluding carboxylic acids is 1. The van der Waals surface area contributed by atoms with Gasteiger partial charge in [0, 0.05) is 11.6 Å². The number of fused-ring (bicyclic) bond motifs is 3. The lowest BCUT2D eigenvalue weighted by Gasteiger charge is -1.98. The molecule has 18 heavy (non-hydrogen) atoms. The van der Waals surface area contributed by atoms with E-state index < -0.39 is 5.43 Å². The maximum Gasteiger partial charge on any atom is 0.403 e.